The van der Waals surface area contributed by atoms with Crippen LogP contribution >= 0.6 is 12.2 Å². The normalized spacial score (nSPS) is 12.6. The summed E-state index contributed by atoms with van der Waals surface area (Å²) in [6.07, 6.45) is -1.91. The molecule has 0 bridgehead atoms. The molecule has 6 heteroatoms. The molecule has 0 aliphatic heterocycles. The van der Waals surface area contributed by atoms with Crippen molar-refractivity contribution in [1.29, 1.82) is 0 Å². The van der Waals surface area contributed by atoms with Crippen LogP contribution in [0.15, 0.2) is 24.3 Å². The maximum atomic E-state index is 14.1. The van der Waals surface area contributed by atoms with Crippen molar-refractivity contribution in [2.45, 2.75) is 13.2 Å². The van der Waals surface area contributed by atoms with Gasteiger partial charge in [0.05, 0.1) is 17.6 Å². The number of aryl methyl sites for hydroxylation is 1. The lowest BCUT2D eigenvalue weighted by Crippen LogP contribution is -2.18. The lowest BCUT2D eigenvalue weighted by molar-refractivity contribution is -0.152. The third-order valence-electron chi connectivity index (χ3n) is 2.70. The molecule has 2 rings (SSSR count). The van der Waals surface area contributed by atoms with E-state index >= 15 is 0 Å². The minimum absolute atomic E-state index is 0.136. The van der Waals surface area contributed by atoms with Gasteiger partial charge in [-0.25, -0.2) is 9.18 Å². The van der Waals surface area contributed by atoms with Gasteiger partial charge in [-0.2, -0.15) is 0 Å². The number of alkyl halides is 1. The Hall–Kier alpha value is -1.69. The van der Waals surface area contributed by atoms with Crippen LogP contribution in [0.5, 0.6) is 0 Å². The minimum atomic E-state index is -1.91. The summed E-state index contributed by atoms with van der Waals surface area (Å²) in [5, 5.41) is 0. The molecule has 2 aromatic rings. The summed E-state index contributed by atoms with van der Waals surface area (Å²) in [5.41, 5.74) is 1.35. The van der Waals surface area contributed by atoms with Crippen LogP contribution in [0.4, 0.5) is 4.39 Å². The standard InChI is InChI=1S/C12H13FN2O2S/c1-3-17-11(16)10(13)15-9-7-5-4-6-8(9)14(2)12(15)18/h4-7,10H,3H2,1-2H3. The summed E-state index contributed by atoms with van der Waals surface area (Å²) in [6.45, 7) is 1.77. The maximum absolute atomic E-state index is 14.1. The highest BCUT2D eigenvalue weighted by Gasteiger charge is 2.24. The summed E-state index contributed by atoms with van der Waals surface area (Å²) < 4.78 is 21.9. The van der Waals surface area contributed by atoms with Crippen molar-refractivity contribution in [3.05, 3.63) is 29.0 Å². The quantitative estimate of drug-likeness (QED) is 0.634. The van der Waals surface area contributed by atoms with Gasteiger partial charge in [0.25, 0.3) is 6.30 Å². The summed E-state index contributed by atoms with van der Waals surface area (Å²) in [6, 6.07) is 7.14. The van der Waals surface area contributed by atoms with E-state index in [0.717, 1.165) is 5.52 Å². The number of rotatable bonds is 3. The molecular formula is C12H13FN2O2S. The number of esters is 1. The largest absolute Gasteiger partial charge is 0.462 e. The van der Waals surface area contributed by atoms with Gasteiger partial charge in [-0.1, -0.05) is 12.1 Å². The molecular weight excluding hydrogens is 255 g/mol. The van der Waals surface area contributed by atoms with Crippen molar-refractivity contribution in [2.75, 3.05) is 6.61 Å². The van der Waals surface area contributed by atoms with Crippen LogP contribution in [0.3, 0.4) is 0 Å². The van der Waals surface area contributed by atoms with Crippen molar-refractivity contribution in [2.24, 2.45) is 7.05 Å². The van der Waals surface area contributed by atoms with Crippen molar-refractivity contribution in [1.82, 2.24) is 9.13 Å². The van der Waals surface area contributed by atoms with Crippen LogP contribution in [0.2, 0.25) is 0 Å². The molecule has 1 unspecified atom stereocenters. The number of benzene rings is 1. The highest BCUT2D eigenvalue weighted by molar-refractivity contribution is 7.71. The van der Waals surface area contributed by atoms with Crippen LogP contribution in [-0.2, 0) is 16.6 Å². The molecule has 0 aliphatic rings. The topological polar surface area (TPSA) is 36.2 Å². The minimum Gasteiger partial charge on any atom is -0.462 e. The Balaban J connectivity index is 2.61. The predicted molar refractivity (Wildman–Crippen MR) is 68.5 cm³/mol. The Morgan fingerprint density at radius 3 is 2.67 bits per heavy atom. The van der Waals surface area contributed by atoms with Gasteiger partial charge in [0.15, 0.2) is 4.77 Å². The number of ether oxygens (including phenoxy) is 1. The average Bonchev–Trinajstić information content (AvgIpc) is 2.62. The number of imidazole rings is 1. The Morgan fingerprint density at radius 1 is 1.44 bits per heavy atom. The molecule has 96 valence electrons. The molecule has 1 atom stereocenters. The van der Waals surface area contributed by atoms with Crippen molar-refractivity contribution >= 4 is 29.2 Å². The molecule has 0 fully saturated rings. The number of aromatic nitrogens is 2. The third kappa shape index (κ3) is 1.92. The molecule has 0 N–H and O–H groups in total. The highest BCUT2D eigenvalue weighted by Crippen LogP contribution is 2.23. The molecule has 1 aromatic carbocycles. The Morgan fingerprint density at radius 2 is 2.06 bits per heavy atom. The number of fused-ring (bicyclic) bond motifs is 1. The summed E-state index contributed by atoms with van der Waals surface area (Å²) in [4.78, 5) is 11.5. The van der Waals surface area contributed by atoms with E-state index in [1.54, 1.807) is 30.7 Å². The lowest BCUT2D eigenvalue weighted by Gasteiger charge is -2.09. The van der Waals surface area contributed by atoms with E-state index in [1.165, 1.54) is 4.57 Å². The molecule has 0 spiro atoms. The first-order valence-corrected chi connectivity index (χ1v) is 5.95. The summed E-state index contributed by atoms with van der Waals surface area (Å²) in [7, 11) is 1.74. The molecule has 0 saturated heterocycles. The fourth-order valence-electron chi connectivity index (χ4n) is 1.85. The van der Waals surface area contributed by atoms with Crippen LogP contribution in [-0.4, -0.2) is 21.7 Å². The highest BCUT2D eigenvalue weighted by atomic mass is 32.1. The van der Waals surface area contributed by atoms with E-state index < -0.39 is 12.3 Å². The smallest absolute Gasteiger partial charge is 0.362 e. The zero-order valence-electron chi connectivity index (χ0n) is 10.1. The number of halogens is 1. The predicted octanol–water partition coefficient (Wildman–Crippen LogP) is 2.74. The van der Waals surface area contributed by atoms with E-state index in [4.69, 9.17) is 12.2 Å². The molecule has 0 amide bonds. The summed E-state index contributed by atoms with van der Waals surface area (Å²) >= 11 is 5.15. The van der Waals surface area contributed by atoms with Gasteiger partial charge in [-0.3, -0.25) is 4.57 Å². The second-order valence-corrected chi connectivity index (χ2v) is 4.15. The lowest BCUT2D eigenvalue weighted by atomic mass is 10.3. The average molecular weight is 268 g/mol. The number of hydrogen-bond donors (Lipinski definition) is 0. The second-order valence-electron chi connectivity index (χ2n) is 3.79. The maximum Gasteiger partial charge on any atom is 0.362 e. The first kappa shape index (κ1) is 12.8. The van der Waals surface area contributed by atoms with Gasteiger partial charge < -0.3 is 9.30 Å². The molecule has 18 heavy (non-hydrogen) atoms. The SMILES string of the molecule is CCOC(=O)C(F)n1c(=S)n(C)c2ccccc21. The number of para-hydroxylation sites is 2. The van der Waals surface area contributed by atoms with Crippen LogP contribution in [0.1, 0.15) is 13.2 Å². The first-order valence-electron chi connectivity index (χ1n) is 5.54. The van der Waals surface area contributed by atoms with Crippen LogP contribution in [0.25, 0.3) is 11.0 Å². The Labute approximate surface area is 109 Å². The Bertz CT molecular complexity index is 647. The van der Waals surface area contributed by atoms with Gasteiger partial charge in [-0.15, -0.1) is 0 Å². The van der Waals surface area contributed by atoms with Crippen molar-refractivity contribution in [3.63, 3.8) is 0 Å². The van der Waals surface area contributed by atoms with E-state index in [1.807, 2.05) is 12.1 Å². The van der Waals surface area contributed by atoms with Gasteiger partial charge in [-0.05, 0) is 31.3 Å². The number of nitrogens with zero attached hydrogens (tertiary/aromatic N) is 2. The summed E-state index contributed by atoms with van der Waals surface area (Å²) in [5.74, 6) is -0.926. The number of carbonyl (C=O) groups excluding carboxylic acids is 1. The van der Waals surface area contributed by atoms with Gasteiger partial charge in [0, 0.05) is 7.05 Å². The van der Waals surface area contributed by atoms with Crippen LogP contribution in [0, 0.1) is 4.77 Å². The fourth-order valence-corrected chi connectivity index (χ4v) is 2.14. The zero-order chi connectivity index (χ0) is 13.3. The number of hydrogen-bond acceptors (Lipinski definition) is 3. The fraction of sp³-hybridized carbons (Fsp3) is 0.333. The zero-order valence-corrected chi connectivity index (χ0v) is 10.9. The van der Waals surface area contributed by atoms with Crippen LogP contribution < -0.4 is 0 Å². The molecule has 1 heterocycles. The van der Waals surface area contributed by atoms with E-state index in [9.17, 15) is 9.18 Å². The van der Waals surface area contributed by atoms with Gasteiger partial charge in [0.1, 0.15) is 0 Å². The van der Waals surface area contributed by atoms with E-state index in [2.05, 4.69) is 4.74 Å². The second kappa shape index (κ2) is 4.89. The Kier molecular flexibility index (Phi) is 3.47. The first-order chi connectivity index (χ1) is 8.57. The monoisotopic (exact) mass is 268 g/mol. The molecule has 0 aliphatic carbocycles. The third-order valence-corrected chi connectivity index (χ3v) is 3.17. The van der Waals surface area contributed by atoms with E-state index in [0.29, 0.717) is 5.52 Å². The van der Waals surface area contributed by atoms with Crippen molar-refractivity contribution in [3.8, 4) is 0 Å². The molecule has 4 nitrogen and oxygen atoms in total. The molecule has 0 saturated carbocycles. The number of carbonyl (C=O) groups is 1. The van der Waals surface area contributed by atoms with E-state index in [-0.39, 0.29) is 11.4 Å². The van der Waals surface area contributed by atoms with Gasteiger partial charge in [0.2, 0.25) is 0 Å². The van der Waals surface area contributed by atoms with Crippen molar-refractivity contribution < 1.29 is 13.9 Å². The van der Waals surface area contributed by atoms with Gasteiger partial charge >= 0.3 is 5.97 Å². The molecule has 0 radical (unpaired) electrons. The molecule has 1 aromatic heterocycles.